The Morgan fingerprint density at radius 1 is 0.625 bits per heavy atom. The van der Waals surface area contributed by atoms with Crippen molar-refractivity contribution in [2.45, 2.75) is 180 Å². The van der Waals surface area contributed by atoms with Gasteiger partial charge < -0.3 is 38.4 Å². The van der Waals surface area contributed by atoms with E-state index in [1.807, 2.05) is 0 Å². The van der Waals surface area contributed by atoms with Gasteiger partial charge in [0.25, 0.3) is 0 Å². The number of amides is 1. The van der Waals surface area contributed by atoms with Crippen LogP contribution >= 0.6 is 7.82 Å². The zero-order chi connectivity index (χ0) is 34.0. The maximum Gasteiger partial charge on any atom is 1.00 e. The molecule has 1 N–H and O–H groups in total. The quantitative estimate of drug-likeness (QED) is 0.0335. The van der Waals surface area contributed by atoms with E-state index in [1.54, 1.807) is 6.92 Å². The van der Waals surface area contributed by atoms with Crippen LogP contribution in [0.4, 0.5) is 0 Å². The number of carbonyl (C=O) groups excluding carboxylic acids is 2. The molecule has 1 amide bonds. The molecule has 0 heterocycles. The summed E-state index contributed by atoms with van der Waals surface area (Å²) in [6, 6.07) is 0. The summed E-state index contributed by atoms with van der Waals surface area (Å²) in [7, 11) is -5.18. The number of nitrogens with one attached hydrogen (secondary N) is 1. The summed E-state index contributed by atoms with van der Waals surface area (Å²) < 4.78 is 31.5. The van der Waals surface area contributed by atoms with E-state index in [4.69, 9.17) is 14.2 Å². The van der Waals surface area contributed by atoms with Gasteiger partial charge in [0.15, 0.2) is 0 Å². The minimum absolute atomic E-state index is 0. The first-order valence-electron chi connectivity index (χ1n) is 18.5. The fraction of sp³-hybridized carbons (Fsp3) is 0.943. The molecule has 0 saturated carbocycles. The van der Waals surface area contributed by atoms with E-state index < -0.39 is 26.5 Å². The molecule has 0 fully saturated rings. The molecule has 0 radical (unpaired) electrons. The molecule has 0 aliphatic heterocycles. The van der Waals surface area contributed by atoms with E-state index in [1.165, 1.54) is 116 Å². The number of esters is 1. The summed E-state index contributed by atoms with van der Waals surface area (Å²) in [4.78, 5) is 44.9. The van der Waals surface area contributed by atoms with Crippen molar-refractivity contribution in [3.8, 4) is 0 Å². The Kier molecular flexibility index (Phi) is 45.3. The molecule has 0 saturated heterocycles. The Morgan fingerprint density at radius 3 is 1.52 bits per heavy atom. The van der Waals surface area contributed by atoms with Crippen LogP contribution in [0.2, 0.25) is 0 Å². The van der Waals surface area contributed by atoms with Crippen LogP contribution in [-0.2, 0) is 32.9 Å². The Balaban J connectivity index is -0.0000101. The topological polar surface area (TPSA) is 146 Å². The fourth-order valence-corrected chi connectivity index (χ4v) is 5.65. The van der Waals surface area contributed by atoms with Crippen molar-refractivity contribution in [2.75, 3.05) is 33.2 Å². The summed E-state index contributed by atoms with van der Waals surface area (Å²) in [5.41, 5.74) is 0. The molecule has 274 valence electrons. The number of rotatable bonds is 36. The summed E-state index contributed by atoms with van der Waals surface area (Å²) in [6.07, 6.45) is 27.9. The molecular formula is C35H68NNa2O9P. The number of phosphoric acid groups is 1. The Labute approximate surface area is 337 Å². The summed E-state index contributed by atoms with van der Waals surface area (Å²) >= 11 is 0. The van der Waals surface area contributed by atoms with E-state index in [0.717, 1.165) is 38.6 Å². The summed E-state index contributed by atoms with van der Waals surface area (Å²) in [5.74, 6) is -0.398. The molecule has 10 nitrogen and oxygen atoms in total. The number of phosphoric ester groups is 1. The predicted octanol–water partition coefficient (Wildman–Crippen LogP) is 1.65. The van der Waals surface area contributed by atoms with Crippen LogP contribution in [0.15, 0.2) is 0 Å². The van der Waals surface area contributed by atoms with E-state index in [0.29, 0.717) is 13.0 Å². The number of carbonyl (C=O) groups is 2. The molecule has 13 heteroatoms. The van der Waals surface area contributed by atoms with Gasteiger partial charge in [0.1, 0.15) is 12.9 Å². The van der Waals surface area contributed by atoms with Gasteiger partial charge >= 0.3 is 65.1 Å². The Hall–Kier alpha value is 0.970. The largest absolute Gasteiger partial charge is 1.00 e. The third kappa shape index (κ3) is 45.0. The van der Waals surface area contributed by atoms with E-state index in [-0.39, 0.29) is 84.8 Å². The van der Waals surface area contributed by atoms with Crippen molar-refractivity contribution in [1.29, 1.82) is 0 Å². The van der Waals surface area contributed by atoms with Gasteiger partial charge in [-0.25, -0.2) is 0 Å². The smallest absolute Gasteiger partial charge is 0.790 e. The van der Waals surface area contributed by atoms with Gasteiger partial charge in [-0.3, -0.25) is 9.59 Å². The Bertz CT molecular complexity index is 747. The number of ether oxygens (including phenoxy) is 3. The second-order valence-corrected chi connectivity index (χ2v) is 13.8. The maximum absolute atomic E-state index is 12.3. The number of hydrogen-bond donors (Lipinski definition) is 1. The number of unbranched alkanes of at least 4 members (excludes halogenated alkanes) is 22. The van der Waals surface area contributed by atoms with Gasteiger partial charge in [-0.05, 0) is 19.3 Å². The maximum atomic E-state index is 12.3. The van der Waals surface area contributed by atoms with Gasteiger partial charge in [0.2, 0.25) is 5.91 Å². The molecule has 0 aliphatic carbocycles. The molecule has 0 aromatic heterocycles. The number of hydrogen-bond acceptors (Lipinski definition) is 9. The molecule has 0 aromatic rings. The minimum Gasteiger partial charge on any atom is -0.790 e. The molecule has 0 bridgehead atoms. The predicted molar refractivity (Wildman–Crippen MR) is 180 cm³/mol. The average molecular weight is 724 g/mol. The van der Waals surface area contributed by atoms with Crippen LogP contribution < -0.4 is 74.2 Å². The normalized spacial score (nSPS) is 11.8. The van der Waals surface area contributed by atoms with Gasteiger partial charge in [0.05, 0.1) is 21.0 Å². The third-order valence-electron chi connectivity index (χ3n) is 8.01. The van der Waals surface area contributed by atoms with Gasteiger partial charge in [-0.2, -0.15) is 0 Å². The molecule has 0 aliphatic rings. The molecule has 0 spiro atoms. The van der Waals surface area contributed by atoms with Crippen LogP contribution in [0.1, 0.15) is 174 Å². The second kappa shape index (κ2) is 40.7. The SMILES string of the molecule is CCCCCCCCCCCCCC(=O)O[C@H](COCOCCCCCCCCCCCCCCCNC(C)=O)COP(=O)([O-])[O-].[Na+].[Na+]. The Morgan fingerprint density at radius 2 is 1.06 bits per heavy atom. The first-order chi connectivity index (χ1) is 22.2. The van der Waals surface area contributed by atoms with Gasteiger partial charge in [0, 0.05) is 26.5 Å². The van der Waals surface area contributed by atoms with Crippen LogP contribution in [0.3, 0.4) is 0 Å². The van der Waals surface area contributed by atoms with Crippen molar-refractivity contribution in [3.05, 3.63) is 0 Å². The summed E-state index contributed by atoms with van der Waals surface area (Å²) in [5, 5.41) is 2.84. The van der Waals surface area contributed by atoms with E-state index in [9.17, 15) is 23.9 Å². The molecule has 0 aromatic carbocycles. The zero-order valence-electron chi connectivity index (χ0n) is 31.4. The van der Waals surface area contributed by atoms with Gasteiger partial charge in [-0.15, -0.1) is 0 Å². The van der Waals surface area contributed by atoms with Crippen LogP contribution in [0, 0.1) is 0 Å². The second-order valence-electron chi connectivity index (χ2n) is 12.6. The van der Waals surface area contributed by atoms with Crippen molar-refractivity contribution in [3.63, 3.8) is 0 Å². The minimum atomic E-state index is -5.18. The molecular weight excluding hydrogens is 655 g/mol. The van der Waals surface area contributed by atoms with Crippen molar-refractivity contribution < 1.29 is 102 Å². The average Bonchev–Trinajstić information content (AvgIpc) is 3.00. The molecule has 1 atom stereocenters. The first kappa shape index (κ1) is 53.3. The summed E-state index contributed by atoms with van der Waals surface area (Å²) in [6.45, 7) is 4.46. The van der Waals surface area contributed by atoms with Crippen molar-refractivity contribution in [1.82, 2.24) is 5.32 Å². The van der Waals surface area contributed by atoms with Gasteiger partial charge in [-0.1, -0.05) is 142 Å². The zero-order valence-corrected chi connectivity index (χ0v) is 36.3. The van der Waals surface area contributed by atoms with Crippen molar-refractivity contribution in [2.24, 2.45) is 0 Å². The molecule has 0 unspecified atom stereocenters. The fourth-order valence-electron chi connectivity index (χ4n) is 5.30. The monoisotopic (exact) mass is 723 g/mol. The molecule has 0 rings (SSSR count). The first-order valence-corrected chi connectivity index (χ1v) is 20.0. The van der Waals surface area contributed by atoms with Crippen LogP contribution in [-0.4, -0.2) is 51.1 Å². The third-order valence-corrected chi connectivity index (χ3v) is 8.48. The van der Waals surface area contributed by atoms with Crippen LogP contribution in [0.5, 0.6) is 0 Å². The van der Waals surface area contributed by atoms with E-state index in [2.05, 4.69) is 16.8 Å². The van der Waals surface area contributed by atoms with E-state index >= 15 is 0 Å². The standard InChI is InChI=1S/C35H70NO9P.2Na/c1-3-4-5-6-7-8-12-15-18-21-24-27-35(38)45-34(31-44-46(39,40)41)30-43-32-42-29-26-23-20-17-14-11-9-10-13-16-19-22-25-28-36-33(2)37;;/h34H,3-32H2,1-2H3,(H,36,37)(H2,39,40,41);;/q;2*+1/p-2/t34-;;/m1../s1. The van der Waals surface area contributed by atoms with Crippen molar-refractivity contribution >= 4 is 19.7 Å². The molecule has 48 heavy (non-hydrogen) atoms. The van der Waals surface area contributed by atoms with Crippen LogP contribution in [0.25, 0.3) is 0 Å².